The summed E-state index contributed by atoms with van der Waals surface area (Å²) < 4.78 is 5.22. The van der Waals surface area contributed by atoms with Crippen molar-refractivity contribution in [1.82, 2.24) is 0 Å². The molecule has 6 nitrogen and oxygen atoms in total. The van der Waals surface area contributed by atoms with Crippen LogP contribution in [0.5, 0.6) is 5.75 Å². The van der Waals surface area contributed by atoms with E-state index >= 15 is 0 Å². The number of hydrogen-bond donors (Lipinski definition) is 3. The average Bonchev–Trinajstić information content (AvgIpc) is 2.86. The molecule has 0 heterocycles. The zero-order valence-corrected chi connectivity index (χ0v) is 12.3. The second-order valence-electron chi connectivity index (χ2n) is 5.36. The number of methoxy groups -OCH3 is 1. The Morgan fingerprint density at radius 2 is 2.05 bits per heavy atom. The molecule has 6 heteroatoms. The first-order valence-corrected chi connectivity index (χ1v) is 7.01. The van der Waals surface area contributed by atoms with Crippen molar-refractivity contribution in [2.75, 3.05) is 17.7 Å². The van der Waals surface area contributed by atoms with Gasteiger partial charge in [-0.3, -0.25) is 9.59 Å². The van der Waals surface area contributed by atoms with E-state index in [9.17, 15) is 9.59 Å². The minimum atomic E-state index is -0.176. The highest BCUT2D eigenvalue weighted by Crippen LogP contribution is 2.30. The minimum Gasteiger partial charge on any atom is -0.494 e. The molecular weight excluding hydrogens is 270 g/mol. The summed E-state index contributed by atoms with van der Waals surface area (Å²) in [6, 6.07) is 5.26. The fourth-order valence-electron chi connectivity index (χ4n) is 2.56. The molecule has 4 N–H and O–H groups in total. The van der Waals surface area contributed by atoms with Crippen molar-refractivity contribution < 1.29 is 14.3 Å². The maximum absolute atomic E-state index is 12.1. The van der Waals surface area contributed by atoms with E-state index in [2.05, 4.69) is 10.6 Å². The van der Waals surface area contributed by atoms with Gasteiger partial charge in [0.2, 0.25) is 11.8 Å². The van der Waals surface area contributed by atoms with Crippen molar-refractivity contribution in [3.63, 3.8) is 0 Å². The molecule has 2 rings (SSSR count). The highest BCUT2D eigenvalue weighted by atomic mass is 16.5. The normalized spacial score (nSPS) is 20.9. The van der Waals surface area contributed by atoms with Gasteiger partial charge in [-0.15, -0.1) is 0 Å². The number of carbonyl (C=O) groups is 2. The summed E-state index contributed by atoms with van der Waals surface area (Å²) in [5, 5.41) is 5.55. The number of hydrogen-bond acceptors (Lipinski definition) is 4. The van der Waals surface area contributed by atoms with Crippen LogP contribution in [0.1, 0.15) is 26.2 Å². The van der Waals surface area contributed by atoms with Crippen molar-refractivity contribution in [1.29, 1.82) is 0 Å². The molecular formula is C15H21N3O3. The number of benzene rings is 1. The van der Waals surface area contributed by atoms with E-state index < -0.39 is 0 Å². The van der Waals surface area contributed by atoms with E-state index in [0.29, 0.717) is 17.1 Å². The van der Waals surface area contributed by atoms with Crippen LogP contribution >= 0.6 is 0 Å². The fourth-order valence-corrected chi connectivity index (χ4v) is 2.56. The Balaban J connectivity index is 2.06. The number of nitrogens with two attached hydrogens (primary N) is 1. The molecule has 0 aromatic heterocycles. The predicted molar refractivity (Wildman–Crippen MR) is 81.2 cm³/mol. The summed E-state index contributed by atoms with van der Waals surface area (Å²) in [7, 11) is 1.52. The molecule has 2 atom stereocenters. The van der Waals surface area contributed by atoms with E-state index in [1.54, 1.807) is 18.2 Å². The van der Waals surface area contributed by atoms with Crippen LogP contribution in [0, 0.1) is 5.92 Å². The van der Waals surface area contributed by atoms with Gasteiger partial charge in [0.25, 0.3) is 0 Å². The number of ether oxygens (including phenoxy) is 1. The molecule has 1 aromatic rings. The lowest BCUT2D eigenvalue weighted by Gasteiger charge is -2.14. The van der Waals surface area contributed by atoms with Crippen LogP contribution in [-0.2, 0) is 9.59 Å². The maximum atomic E-state index is 12.1. The molecule has 1 fully saturated rings. The maximum Gasteiger partial charge on any atom is 0.227 e. The van der Waals surface area contributed by atoms with E-state index in [0.717, 1.165) is 19.3 Å². The van der Waals surface area contributed by atoms with Crippen molar-refractivity contribution >= 4 is 23.2 Å². The lowest BCUT2D eigenvalue weighted by atomic mass is 10.1. The number of amides is 2. The van der Waals surface area contributed by atoms with Crippen LogP contribution in [0.4, 0.5) is 11.4 Å². The Kier molecular flexibility index (Phi) is 4.80. The molecule has 0 saturated heterocycles. The Morgan fingerprint density at radius 1 is 1.29 bits per heavy atom. The molecule has 21 heavy (non-hydrogen) atoms. The Labute approximate surface area is 124 Å². The zero-order chi connectivity index (χ0) is 15.4. The van der Waals surface area contributed by atoms with Crippen LogP contribution in [-0.4, -0.2) is 25.0 Å². The van der Waals surface area contributed by atoms with Crippen molar-refractivity contribution in [2.45, 2.75) is 32.2 Å². The summed E-state index contributed by atoms with van der Waals surface area (Å²) in [6.07, 6.45) is 2.45. The third-order valence-corrected chi connectivity index (χ3v) is 3.62. The summed E-state index contributed by atoms with van der Waals surface area (Å²) in [4.78, 5) is 23.2. The second kappa shape index (κ2) is 6.58. The molecule has 2 unspecified atom stereocenters. The number of anilines is 2. The lowest BCUT2D eigenvalue weighted by molar-refractivity contribution is -0.119. The number of nitrogens with one attached hydrogen (secondary N) is 2. The molecule has 1 aliphatic rings. The van der Waals surface area contributed by atoms with Gasteiger partial charge in [0.15, 0.2) is 0 Å². The Morgan fingerprint density at radius 3 is 2.62 bits per heavy atom. The third kappa shape index (κ3) is 3.95. The monoisotopic (exact) mass is 291 g/mol. The van der Waals surface area contributed by atoms with Gasteiger partial charge in [-0.25, -0.2) is 0 Å². The second-order valence-corrected chi connectivity index (χ2v) is 5.36. The van der Waals surface area contributed by atoms with E-state index in [4.69, 9.17) is 10.5 Å². The van der Waals surface area contributed by atoms with Gasteiger partial charge < -0.3 is 21.1 Å². The Bertz CT molecular complexity index is 545. The van der Waals surface area contributed by atoms with Gasteiger partial charge in [0, 0.05) is 30.6 Å². The highest BCUT2D eigenvalue weighted by molar-refractivity contribution is 5.94. The quantitative estimate of drug-likeness (QED) is 0.787. The molecule has 1 aliphatic carbocycles. The van der Waals surface area contributed by atoms with Crippen molar-refractivity contribution in [3.05, 3.63) is 18.2 Å². The smallest absolute Gasteiger partial charge is 0.227 e. The van der Waals surface area contributed by atoms with E-state index in [-0.39, 0.29) is 23.8 Å². The van der Waals surface area contributed by atoms with Crippen LogP contribution < -0.4 is 21.1 Å². The molecule has 0 aliphatic heterocycles. The first-order chi connectivity index (χ1) is 9.99. The molecule has 114 valence electrons. The summed E-state index contributed by atoms with van der Waals surface area (Å²) in [5.74, 6) is 0.287. The van der Waals surface area contributed by atoms with Gasteiger partial charge in [-0.1, -0.05) is 0 Å². The highest BCUT2D eigenvalue weighted by Gasteiger charge is 2.27. The topological polar surface area (TPSA) is 93.4 Å². The summed E-state index contributed by atoms with van der Waals surface area (Å²) in [5.41, 5.74) is 7.05. The van der Waals surface area contributed by atoms with Crippen molar-refractivity contribution in [2.24, 2.45) is 11.7 Å². The fraction of sp³-hybridized carbons (Fsp3) is 0.467. The Hall–Kier alpha value is -2.08. The van der Waals surface area contributed by atoms with Crippen LogP contribution in [0.25, 0.3) is 0 Å². The van der Waals surface area contributed by atoms with Gasteiger partial charge in [0.05, 0.1) is 12.8 Å². The van der Waals surface area contributed by atoms with Crippen molar-refractivity contribution in [3.8, 4) is 5.75 Å². The van der Waals surface area contributed by atoms with Gasteiger partial charge in [-0.05, 0) is 31.4 Å². The van der Waals surface area contributed by atoms with Crippen LogP contribution in [0.15, 0.2) is 18.2 Å². The van der Waals surface area contributed by atoms with Gasteiger partial charge >= 0.3 is 0 Å². The first-order valence-electron chi connectivity index (χ1n) is 7.01. The van der Waals surface area contributed by atoms with E-state index in [1.807, 2.05) is 0 Å². The molecule has 1 aromatic carbocycles. The number of rotatable bonds is 4. The zero-order valence-electron chi connectivity index (χ0n) is 12.3. The third-order valence-electron chi connectivity index (χ3n) is 3.62. The number of carbonyl (C=O) groups excluding carboxylic acids is 2. The van der Waals surface area contributed by atoms with E-state index in [1.165, 1.54) is 14.0 Å². The van der Waals surface area contributed by atoms with Crippen LogP contribution in [0.2, 0.25) is 0 Å². The van der Waals surface area contributed by atoms with Crippen LogP contribution in [0.3, 0.4) is 0 Å². The standard InChI is InChI=1S/C15H21N3O3/c1-9(19)17-13-6-5-12(8-14(13)21-2)18-15(20)10-3-4-11(16)7-10/h5-6,8,10-11H,3-4,7,16H2,1-2H3,(H,17,19)(H,18,20). The minimum absolute atomic E-state index is 0.0164. The lowest BCUT2D eigenvalue weighted by Crippen LogP contribution is -2.23. The molecule has 1 saturated carbocycles. The SMILES string of the molecule is COc1cc(NC(=O)C2CCC(N)C2)ccc1NC(C)=O. The largest absolute Gasteiger partial charge is 0.494 e. The summed E-state index contributed by atoms with van der Waals surface area (Å²) >= 11 is 0. The molecule has 0 spiro atoms. The molecule has 2 amide bonds. The molecule has 0 bridgehead atoms. The van der Waals surface area contributed by atoms with Gasteiger partial charge in [-0.2, -0.15) is 0 Å². The van der Waals surface area contributed by atoms with Gasteiger partial charge in [0.1, 0.15) is 5.75 Å². The molecule has 0 radical (unpaired) electrons. The predicted octanol–water partition coefficient (Wildman–Crippen LogP) is 1.72. The first kappa shape index (κ1) is 15.3. The average molecular weight is 291 g/mol. The summed E-state index contributed by atoms with van der Waals surface area (Å²) in [6.45, 7) is 1.43.